The van der Waals surface area contributed by atoms with Crippen LogP contribution in [0.1, 0.15) is 32.5 Å². The summed E-state index contributed by atoms with van der Waals surface area (Å²) in [5.41, 5.74) is 0.513. The Morgan fingerprint density at radius 2 is 2.08 bits per heavy atom. The number of halogens is 1. The van der Waals surface area contributed by atoms with Gasteiger partial charge in [-0.25, -0.2) is 4.68 Å². The van der Waals surface area contributed by atoms with Gasteiger partial charge in [-0.15, -0.1) is 10.2 Å². The average Bonchev–Trinajstić information content (AvgIpc) is 2.88. The van der Waals surface area contributed by atoms with E-state index in [1.807, 2.05) is 13.8 Å². The van der Waals surface area contributed by atoms with Gasteiger partial charge in [-0.2, -0.15) is 0 Å². The first kappa shape index (κ1) is 18.4. The minimum Gasteiger partial charge on any atom is -0.495 e. The van der Waals surface area contributed by atoms with Gasteiger partial charge in [0.1, 0.15) is 5.75 Å². The third-order valence-corrected chi connectivity index (χ3v) is 4.57. The molecule has 0 saturated carbocycles. The summed E-state index contributed by atoms with van der Waals surface area (Å²) in [6.07, 6.45) is 0. The number of nitrogen functional groups attached to an aromatic ring is 1. The van der Waals surface area contributed by atoms with Crippen molar-refractivity contribution in [2.24, 2.45) is 0 Å². The summed E-state index contributed by atoms with van der Waals surface area (Å²) in [5.74, 6) is 7.11. The highest BCUT2D eigenvalue weighted by atomic mass is 35.5. The SMILES string of the molecule is COc1ccc(Cl)cc1NC(=O)[C@@H](C)Sc1nnc(C(C)C)n1N. The van der Waals surface area contributed by atoms with E-state index in [1.54, 1.807) is 25.1 Å². The van der Waals surface area contributed by atoms with Crippen molar-refractivity contribution in [2.45, 2.75) is 37.1 Å². The van der Waals surface area contributed by atoms with Crippen LogP contribution in [0.3, 0.4) is 0 Å². The van der Waals surface area contributed by atoms with Crippen molar-refractivity contribution >= 4 is 35.0 Å². The standard InChI is InChI=1S/C15H20ClN5O2S/c1-8(2)13-19-20-15(21(13)17)24-9(3)14(22)18-11-7-10(16)5-6-12(11)23-4/h5-9H,17H2,1-4H3,(H,18,22)/t9-/m1/s1. The van der Waals surface area contributed by atoms with Gasteiger partial charge in [0, 0.05) is 10.9 Å². The number of nitrogens with zero attached hydrogens (tertiary/aromatic N) is 3. The summed E-state index contributed by atoms with van der Waals surface area (Å²) in [5, 5.41) is 11.5. The number of carbonyl (C=O) groups excluding carboxylic acids is 1. The van der Waals surface area contributed by atoms with E-state index < -0.39 is 5.25 Å². The summed E-state index contributed by atoms with van der Waals surface area (Å²) < 4.78 is 6.64. The lowest BCUT2D eigenvalue weighted by atomic mass is 10.2. The highest BCUT2D eigenvalue weighted by molar-refractivity contribution is 8.00. The monoisotopic (exact) mass is 369 g/mol. The van der Waals surface area contributed by atoms with E-state index in [0.717, 1.165) is 0 Å². The molecule has 1 amide bonds. The molecular weight excluding hydrogens is 350 g/mol. The molecule has 2 rings (SSSR count). The smallest absolute Gasteiger partial charge is 0.237 e. The molecular formula is C15H20ClN5O2S. The number of nitrogens with two attached hydrogens (primary N) is 1. The van der Waals surface area contributed by atoms with Gasteiger partial charge in [-0.05, 0) is 25.1 Å². The van der Waals surface area contributed by atoms with Crippen molar-refractivity contribution in [3.05, 3.63) is 29.0 Å². The van der Waals surface area contributed by atoms with Crippen molar-refractivity contribution in [1.82, 2.24) is 14.9 Å². The average molecular weight is 370 g/mol. The van der Waals surface area contributed by atoms with E-state index in [1.165, 1.54) is 23.5 Å². The molecule has 0 fully saturated rings. The summed E-state index contributed by atoms with van der Waals surface area (Å²) in [6.45, 7) is 5.72. The zero-order valence-corrected chi connectivity index (χ0v) is 15.5. The second-order valence-electron chi connectivity index (χ2n) is 5.46. The number of anilines is 1. The number of nitrogens with one attached hydrogen (secondary N) is 1. The van der Waals surface area contributed by atoms with Crippen molar-refractivity contribution < 1.29 is 9.53 Å². The third kappa shape index (κ3) is 4.12. The highest BCUT2D eigenvalue weighted by Crippen LogP contribution is 2.29. The van der Waals surface area contributed by atoms with E-state index in [0.29, 0.717) is 27.4 Å². The number of hydrogen-bond acceptors (Lipinski definition) is 6. The van der Waals surface area contributed by atoms with Crippen molar-refractivity contribution in [3.8, 4) is 5.75 Å². The zero-order valence-electron chi connectivity index (χ0n) is 13.9. The molecule has 0 aliphatic heterocycles. The molecule has 0 bridgehead atoms. The van der Waals surface area contributed by atoms with Gasteiger partial charge in [-0.1, -0.05) is 37.2 Å². The molecule has 0 unspecified atom stereocenters. The quantitative estimate of drug-likeness (QED) is 0.600. The van der Waals surface area contributed by atoms with E-state index >= 15 is 0 Å². The second-order valence-corrected chi connectivity index (χ2v) is 7.20. The third-order valence-electron chi connectivity index (χ3n) is 3.28. The number of rotatable bonds is 6. The lowest BCUT2D eigenvalue weighted by molar-refractivity contribution is -0.115. The van der Waals surface area contributed by atoms with Gasteiger partial charge in [-0.3, -0.25) is 4.79 Å². The van der Waals surface area contributed by atoms with E-state index in [4.69, 9.17) is 22.2 Å². The molecule has 0 saturated heterocycles. The topological polar surface area (TPSA) is 95.1 Å². The first-order chi connectivity index (χ1) is 11.3. The number of aromatic nitrogens is 3. The van der Waals surface area contributed by atoms with Gasteiger partial charge < -0.3 is 15.9 Å². The predicted octanol–water partition coefficient (Wildman–Crippen LogP) is 2.90. The van der Waals surface area contributed by atoms with Gasteiger partial charge >= 0.3 is 0 Å². The van der Waals surface area contributed by atoms with Gasteiger partial charge in [0.15, 0.2) is 5.82 Å². The molecule has 1 heterocycles. The number of hydrogen-bond donors (Lipinski definition) is 2. The summed E-state index contributed by atoms with van der Waals surface area (Å²) in [4.78, 5) is 12.4. The zero-order chi connectivity index (χ0) is 17.9. The predicted molar refractivity (Wildman–Crippen MR) is 96.2 cm³/mol. The van der Waals surface area contributed by atoms with E-state index in [2.05, 4.69) is 15.5 Å². The number of thioether (sulfide) groups is 1. The summed E-state index contributed by atoms with van der Waals surface area (Å²) >= 11 is 7.20. The molecule has 0 aliphatic rings. The number of ether oxygens (including phenoxy) is 1. The summed E-state index contributed by atoms with van der Waals surface area (Å²) in [6, 6.07) is 5.03. The molecule has 1 aromatic heterocycles. The van der Waals surface area contributed by atoms with Crippen LogP contribution >= 0.6 is 23.4 Å². The fourth-order valence-corrected chi connectivity index (χ4v) is 2.94. The van der Waals surface area contributed by atoms with Gasteiger partial charge in [0.2, 0.25) is 11.1 Å². The molecule has 1 atom stereocenters. The molecule has 7 nitrogen and oxygen atoms in total. The van der Waals surface area contributed by atoms with Crippen LogP contribution in [0.4, 0.5) is 5.69 Å². The fraction of sp³-hybridized carbons (Fsp3) is 0.400. The molecule has 0 spiro atoms. The Balaban J connectivity index is 2.09. The normalized spacial score (nSPS) is 12.2. The number of methoxy groups -OCH3 is 1. The summed E-state index contributed by atoms with van der Waals surface area (Å²) in [7, 11) is 1.53. The minimum atomic E-state index is -0.430. The lowest BCUT2D eigenvalue weighted by Gasteiger charge is -2.14. The van der Waals surface area contributed by atoms with Crippen LogP contribution in [0.15, 0.2) is 23.4 Å². The van der Waals surface area contributed by atoms with Crippen LogP contribution in [0, 0.1) is 0 Å². The van der Waals surface area contributed by atoms with Crippen molar-refractivity contribution in [2.75, 3.05) is 18.3 Å². The Hall–Kier alpha value is -1.93. The lowest BCUT2D eigenvalue weighted by Crippen LogP contribution is -2.24. The molecule has 130 valence electrons. The first-order valence-electron chi connectivity index (χ1n) is 7.35. The van der Waals surface area contributed by atoms with Crippen molar-refractivity contribution in [3.63, 3.8) is 0 Å². The van der Waals surface area contributed by atoms with Gasteiger partial charge in [0.05, 0.1) is 18.0 Å². The maximum absolute atomic E-state index is 12.4. The molecule has 3 N–H and O–H groups in total. The van der Waals surface area contributed by atoms with Crippen LogP contribution in [0.2, 0.25) is 5.02 Å². The van der Waals surface area contributed by atoms with Gasteiger partial charge in [0.25, 0.3) is 0 Å². The molecule has 1 aromatic carbocycles. The van der Waals surface area contributed by atoms with Crippen LogP contribution in [0.5, 0.6) is 5.75 Å². The second kappa shape index (κ2) is 7.76. The Bertz CT molecular complexity index is 735. The van der Waals surface area contributed by atoms with Crippen LogP contribution < -0.4 is 15.9 Å². The number of amides is 1. The minimum absolute atomic E-state index is 0.150. The van der Waals surface area contributed by atoms with E-state index in [-0.39, 0.29) is 11.8 Å². The van der Waals surface area contributed by atoms with Crippen molar-refractivity contribution in [1.29, 1.82) is 0 Å². The first-order valence-corrected chi connectivity index (χ1v) is 8.60. The Kier molecular flexibility index (Phi) is 5.95. The molecule has 0 aliphatic carbocycles. The maximum atomic E-state index is 12.4. The number of carbonyl (C=O) groups is 1. The highest BCUT2D eigenvalue weighted by Gasteiger charge is 2.21. The number of benzene rings is 1. The molecule has 24 heavy (non-hydrogen) atoms. The molecule has 0 radical (unpaired) electrons. The Morgan fingerprint density at radius 3 is 2.67 bits per heavy atom. The largest absolute Gasteiger partial charge is 0.495 e. The Morgan fingerprint density at radius 1 is 1.38 bits per heavy atom. The molecule has 9 heteroatoms. The van der Waals surface area contributed by atoms with Crippen LogP contribution in [0.25, 0.3) is 0 Å². The fourth-order valence-electron chi connectivity index (χ4n) is 1.99. The van der Waals surface area contributed by atoms with Crippen LogP contribution in [-0.2, 0) is 4.79 Å². The maximum Gasteiger partial charge on any atom is 0.237 e. The Labute approximate surface area is 149 Å². The van der Waals surface area contributed by atoms with Crippen LogP contribution in [-0.4, -0.2) is 33.1 Å². The molecule has 2 aromatic rings. The van der Waals surface area contributed by atoms with E-state index in [9.17, 15) is 4.79 Å².